The molecule has 1 nitrogen and oxygen atoms in total. The van der Waals surface area contributed by atoms with Gasteiger partial charge in [-0.15, -0.1) is 0 Å². The normalized spacial score (nSPS) is 28.3. The fourth-order valence-corrected chi connectivity index (χ4v) is 2.28. The lowest BCUT2D eigenvalue weighted by atomic mass is 9.87. The summed E-state index contributed by atoms with van der Waals surface area (Å²) in [6.45, 7) is 2.90. The molecule has 4 heteroatoms. The first-order valence-corrected chi connectivity index (χ1v) is 5.29. The Balaban J connectivity index is 2.43. The van der Waals surface area contributed by atoms with E-state index in [1.165, 1.54) is 0 Å². The Kier molecular flexibility index (Phi) is 3.81. The van der Waals surface area contributed by atoms with Crippen LogP contribution in [0.2, 0.25) is 0 Å². The smallest absolute Gasteiger partial charge is 0.311 e. The predicted octanol–water partition coefficient (Wildman–Crippen LogP) is 3.25. The van der Waals surface area contributed by atoms with Crippen molar-refractivity contribution in [3.8, 4) is 0 Å². The molecule has 1 atom stereocenters. The van der Waals surface area contributed by atoms with Crippen LogP contribution in [0.5, 0.6) is 0 Å². The highest BCUT2D eigenvalue weighted by atomic mass is 19.4. The molecular formula is C10H18F3N. The number of hydrogen-bond donors (Lipinski definition) is 1. The average Bonchev–Trinajstić information content (AvgIpc) is 2.50. The largest absolute Gasteiger partial charge is 0.389 e. The summed E-state index contributed by atoms with van der Waals surface area (Å²) in [5.41, 5.74) is -0.218. The SMILES string of the molecule is CCCC1(CCC(F)(F)F)CCCN1. The second kappa shape index (κ2) is 4.51. The van der Waals surface area contributed by atoms with Gasteiger partial charge in [0.2, 0.25) is 0 Å². The van der Waals surface area contributed by atoms with Crippen LogP contribution in [0.3, 0.4) is 0 Å². The number of halogens is 3. The topological polar surface area (TPSA) is 12.0 Å². The highest BCUT2D eigenvalue weighted by Gasteiger charge is 2.37. The van der Waals surface area contributed by atoms with Crippen LogP contribution in [0.4, 0.5) is 13.2 Å². The molecule has 0 aliphatic carbocycles. The van der Waals surface area contributed by atoms with Crippen LogP contribution in [-0.4, -0.2) is 18.3 Å². The van der Waals surface area contributed by atoms with Crippen molar-refractivity contribution in [3.05, 3.63) is 0 Å². The Morgan fingerprint density at radius 3 is 2.43 bits per heavy atom. The number of rotatable bonds is 4. The van der Waals surface area contributed by atoms with Crippen molar-refractivity contribution >= 4 is 0 Å². The zero-order valence-corrected chi connectivity index (χ0v) is 8.58. The zero-order valence-electron chi connectivity index (χ0n) is 8.58. The Morgan fingerprint density at radius 1 is 1.29 bits per heavy atom. The van der Waals surface area contributed by atoms with E-state index < -0.39 is 12.6 Å². The van der Waals surface area contributed by atoms with Gasteiger partial charge in [-0.05, 0) is 32.2 Å². The molecule has 0 aromatic rings. The molecule has 1 aliphatic heterocycles. The molecule has 1 N–H and O–H groups in total. The number of nitrogens with one attached hydrogen (secondary N) is 1. The maximum Gasteiger partial charge on any atom is 0.389 e. The molecule has 1 heterocycles. The quantitative estimate of drug-likeness (QED) is 0.749. The van der Waals surface area contributed by atoms with Gasteiger partial charge >= 0.3 is 6.18 Å². The van der Waals surface area contributed by atoms with E-state index in [4.69, 9.17) is 0 Å². The van der Waals surface area contributed by atoms with Gasteiger partial charge in [0.05, 0.1) is 0 Å². The standard InChI is InChI=1S/C10H18F3N/c1-2-4-9(5-3-8-14-9)6-7-10(11,12)13/h14H,2-8H2,1H3. The highest BCUT2D eigenvalue weighted by molar-refractivity contribution is 4.92. The molecule has 0 saturated carbocycles. The molecule has 1 unspecified atom stereocenters. The summed E-state index contributed by atoms with van der Waals surface area (Å²) in [7, 11) is 0. The van der Waals surface area contributed by atoms with E-state index in [1.807, 2.05) is 6.92 Å². The fourth-order valence-electron chi connectivity index (χ4n) is 2.28. The van der Waals surface area contributed by atoms with Gasteiger partial charge in [-0.1, -0.05) is 13.3 Å². The maximum atomic E-state index is 12.1. The van der Waals surface area contributed by atoms with E-state index in [-0.39, 0.29) is 12.0 Å². The summed E-state index contributed by atoms with van der Waals surface area (Å²) in [6, 6.07) is 0. The first kappa shape index (κ1) is 11.8. The van der Waals surface area contributed by atoms with Crippen molar-refractivity contribution in [2.45, 2.75) is 57.2 Å². The van der Waals surface area contributed by atoms with E-state index in [1.54, 1.807) is 0 Å². The lowest BCUT2D eigenvalue weighted by molar-refractivity contribution is -0.138. The molecule has 0 amide bonds. The molecule has 84 valence electrons. The van der Waals surface area contributed by atoms with Gasteiger partial charge in [0.15, 0.2) is 0 Å². The highest BCUT2D eigenvalue weighted by Crippen LogP contribution is 2.33. The van der Waals surface area contributed by atoms with Crippen LogP contribution in [0, 0.1) is 0 Å². The second-order valence-corrected chi connectivity index (χ2v) is 4.18. The number of hydrogen-bond acceptors (Lipinski definition) is 1. The monoisotopic (exact) mass is 209 g/mol. The molecule has 0 aromatic heterocycles. The molecular weight excluding hydrogens is 191 g/mol. The minimum Gasteiger partial charge on any atom is -0.311 e. The van der Waals surface area contributed by atoms with Crippen LogP contribution >= 0.6 is 0 Å². The Labute approximate surface area is 83.1 Å². The molecule has 0 bridgehead atoms. The van der Waals surface area contributed by atoms with Gasteiger partial charge in [-0.3, -0.25) is 0 Å². The van der Waals surface area contributed by atoms with Gasteiger partial charge < -0.3 is 5.32 Å². The summed E-state index contributed by atoms with van der Waals surface area (Å²) < 4.78 is 36.3. The fraction of sp³-hybridized carbons (Fsp3) is 1.00. The minimum absolute atomic E-state index is 0.218. The van der Waals surface area contributed by atoms with Crippen molar-refractivity contribution in [3.63, 3.8) is 0 Å². The van der Waals surface area contributed by atoms with Crippen molar-refractivity contribution in [2.24, 2.45) is 0 Å². The van der Waals surface area contributed by atoms with Crippen molar-refractivity contribution < 1.29 is 13.2 Å². The van der Waals surface area contributed by atoms with Gasteiger partial charge in [0, 0.05) is 12.0 Å². The van der Waals surface area contributed by atoms with Crippen LogP contribution in [0.15, 0.2) is 0 Å². The molecule has 1 saturated heterocycles. The van der Waals surface area contributed by atoms with E-state index in [2.05, 4.69) is 5.32 Å². The molecule has 1 aliphatic rings. The summed E-state index contributed by atoms with van der Waals surface area (Å²) in [6.07, 6.45) is -0.696. The van der Waals surface area contributed by atoms with E-state index in [0.717, 1.165) is 32.2 Å². The van der Waals surface area contributed by atoms with Gasteiger partial charge in [0.25, 0.3) is 0 Å². The van der Waals surface area contributed by atoms with E-state index in [9.17, 15) is 13.2 Å². The first-order valence-electron chi connectivity index (χ1n) is 5.29. The Hall–Kier alpha value is -0.250. The Bertz CT molecular complexity index is 171. The number of alkyl halides is 3. The molecule has 0 radical (unpaired) electrons. The lowest BCUT2D eigenvalue weighted by Gasteiger charge is -2.29. The van der Waals surface area contributed by atoms with Crippen molar-refractivity contribution in [2.75, 3.05) is 6.54 Å². The lowest BCUT2D eigenvalue weighted by Crippen LogP contribution is -2.40. The van der Waals surface area contributed by atoms with Crippen LogP contribution in [0.1, 0.15) is 45.4 Å². The van der Waals surface area contributed by atoms with Crippen LogP contribution < -0.4 is 5.32 Å². The molecule has 0 spiro atoms. The molecule has 1 fully saturated rings. The maximum absolute atomic E-state index is 12.1. The van der Waals surface area contributed by atoms with E-state index >= 15 is 0 Å². The van der Waals surface area contributed by atoms with Crippen LogP contribution in [0.25, 0.3) is 0 Å². The van der Waals surface area contributed by atoms with Gasteiger partial charge in [-0.25, -0.2) is 0 Å². The average molecular weight is 209 g/mol. The molecule has 0 aromatic carbocycles. The van der Waals surface area contributed by atoms with Crippen LogP contribution in [-0.2, 0) is 0 Å². The van der Waals surface area contributed by atoms with Crippen molar-refractivity contribution in [1.29, 1.82) is 0 Å². The zero-order chi connectivity index (χ0) is 10.7. The van der Waals surface area contributed by atoms with Gasteiger partial charge in [-0.2, -0.15) is 13.2 Å². The minimum atomic E-state index is -4.01. The molecule has 1 rings (SSSR count). The first-order chi connectivity index (χ1) is 6.47. The summed E-state index contributed by atoms with van der Waals surface area (Å²) in [5.74, 6) is 0. The third kappa shape index (κ3) is 3.48. The Morgan fingerprint density at radius 2 is 2.00 bits per heavy atom. The summed E-state index contributed by atoms with van der Waals surface area (Å²) in [5, 5.41) is 3.24. The van der Waals surface area contributed by atoms with Gasteiger partial charge in [0.1, 0.15) is 0 Å². The third-order valence-electron chi connectivity index (χ3n) is 2.95. The summed E-state index contributed by atoms with van der Waals surface area (Å²) in [4.78, 5) is 0. The predicted molar refractivity (Wildman–Crippen MR) is 50.2 cm³/mol. The van der Waals surface area contributed by atoms with E-state index in [0.29, 0.717) is 0 Å². The third-order valence-corrected chi connectivity index (χ3v) is 2.95. The summed E-state index contributed by atoms with van der Waals surface area (Å²) >= 11 is 0. The van der Waals surface area contributed by atoms with Crippen molar-refractivity contribution in [1.82, 2.24) is 5.32 Å². The second-order valence-electron chi connectivity index (χ2n) is 4.18. The molecule has 14 heavy (non-hydrogen) atoms.